The largest absolute Gasteiger partial charge is 0.316 e. The summed E-state index contributed by atoms with van der Waals surface area (Å²) >= 11 is 0. The number of likely N-dealkylation sites (N-methyl/N-ethyl adjacent to an activating group) is 2. The summed E-state index contributed by atoms with van der Waals surface area (Å²) in [4.78, 5) is 5.04. The summed E-state index contributed by atoms with van der Waals surface area (Å²) in [5.74, 6) is 0. The van der Waals surface area contributed by atoms with Gasteiger partial charge in [-0.3, -0.25) is 4.90 Å². The lowest BCUT2D eigenvalue weighted by Gasteiger charge is -2.41. The second kappa shape index (κ2) is 6.32. The van der Waals surface area contributed by atoms with Crippen molar-refractivity contribution in [2.75, 3.05) is 40.3 Å². The quantitative estimate of drug-likeness (QED) is 0.871. The monoisotopic (exact) mass is 247 g/mol. The van der Waals surface area contributed by atoms with Crippen LogP contribution < -0.4 is 5.32 Å². The number of nitrogens with zero attached hydrogens (tertiary/aromatic N) is 2. The molecule has 0 aromatic heterocycles. The maximum absolute atomic E-state index is 3.34. The van der Waals surface area contributed by atoms with Crippen molar-refractivity contribution in [1.29, 1.82) is 0 Å². The Kier molecular flexibility index (Phi) is 4.75. The van der Waals surface area contributed by atoms with Gasteiger partial charge in [0.15, 0.2) is 0 Å². The van der Waals surface area contributed by atoms with Gasteiger partial charge in [0.05, 0.1) is 0 Å². The van der Waals surface area contributed by atoms with Crippen LogP contribution in [-0.4, -0.2) is 56.1 Å². The molecular formula is C15H25N3. The van der Waals surface area contributed by atoms with E-state index in [-0.39, 0.29) is 0 Å². The summed E-state index contributed by atoms with van der Waals surface area (Å²) in [5.41, 5.74) is 1.44. The zero-order valence-corrected chi connectivity index (χ0v) is 11.8. The van der Waals surface area contributed by atoms with E-state index in [0.29, 0.717) is 12.1 Å². The highest BCUT2D eigenvalue weighted by Gasteiger charge is 2.26. The van der Waals surface area contributed by atoms with Gasteiger partial charge in [0, 0.05) is 38.3 Å². The topological polar surface area (TPSA) is 18.5 Å². The van der Waals surface area contributed by atoms with Crippen molar-refractivity contribution in [3.8, 4) is 0 Å². The molecule has 18 heavy (non-hydrogen) atoms. The molecule has 0 amide bonds. The molecule has 1 N–H and O–H groups in total. The lowest BCUT2D eigenvalue weighted by Crippen LogP contribution is -2.50. The average Bonchev–Trinajstić information content (AvgIpc) is 2.41. The van der Waals surface area contributed by atoms with E-state index in [0.717, 1.165) is 19.6 Å². The maximum Gasteiger partial charge on any atom is 0.0476 e. The molecule has 1 aliphatic rings. The summed E-state index contributed by atoms with van der Waals surface area (Å²) in [6.07, 6.45) is 0. The minimum absolute atomic E-state index is 0.528. The number of piperazine rings is 1. The SMILES string of the molecule is CNC(C)CN1CCN(C)CC1c1ccccc1. The van der Waals surface area contributed by atoms with Crippen LogP contribution in [0.3, 0.4) is 0 Å². The van der Waals surface area contributed by atoms with E-state index in [1.165, 1.54) is 12.1 Å². The molecule has 3 nitrogen and oxygen atoms in total. The van der Waals surface area contributed by atoms with Crippen molar-refractivity contribution < 1.29 is 0 Å². The van der Waals surface area contributed by atoms with Crippen molar-refractivity contribution in [2.24, 2.45) is 0 Å². The fraction of sp³-hybridized carbons (Fsp3) is 0.600. The zero-order chi connectivity index (χ0) is 13.0. The fourth-order valence-corrected chi connectivity index (χ4v) is 2.61. The van der Waals surface area contributed by atoms with Gasteiger partial charge in [-0.05, 0) is 26.6 Å². The Hall–Kier alpha value is -0.900. The maximum atomic E-state index is 3.34. The van der Waals surface area contributed by atoms with Gasteiger partial charge in [0.2, 0.25) is 0 Å². The number of nitrogens with one attached hydrogen (secondary N) is 1. The van der Waals surface area contributed by atoms with E-state index < -0.39 is 0 Å². The van der Waals surface area contributed by atoms with Crippen LogP contribution in [0.4, 0.5) is 0 Å². The van der Waals surface area contributed by atoms with Gasteiger partial charge in [0.25, 0.3) is 0 Å². The van der Waals surface area contributed by atoms with Crippen molar-refractivity contribution in [3.63, 3.8) is 0 Å². The van der Waals surface area contributed by atoms with Crippen LogP contribution >= 0.6 is 0 Å². The molecule has 1 aromatic rings. The Labute approximate surface area is 111 Å². The predicted octanol–water partition coefficient (Wildman–Crippen LogP) is 1.58. The molecule has 2 unspecified atom stereocenters. The van der Waals surface area contributed by atoms with E-state index in [2.05, 4.69) is 59.4 Å². The highest BCUT2D eigenvalue weighted by Crippen LogP contribution is 2.24. The normalized spacial score (nSPS) is 24.1. The molecule has 1 aliphatic heterocycles. The fourth-order valence-electron chi connectivity index (χ4n) is 2.61. The van der Waals surface area contributed by atoms with E-state index in [4.69, 9.17) is 0 Å². The molecule has 0 bridgehead atoms. The summed E-state index contributed by atoms with van der Waals surface area (Å²) in [5, 5.41) is 3.34. The van der Waals surface area contributed by atoms with Gasteiger partial charge in [-0.25, -0.2) is 0 Å². The van der Waals surface area contributed by atoms with Gasteiger partial charge < -0.3 is 10.2 Å². The first-order valence-electron chi connectivity index (χ1n) is 6.85. The van der Waals surface area contributed by atoms with E-state index in [1.807, 2.05) is 7.05 Å². The molecule has 1 heterocycles. The van der Waals surface area contributed by atoms with Crippen LogP contribution in [0.5, 0.6) is 0 Å². The molecule has 1 saturated heterocycles. The van der Waals surface area contributed by atoms with Gasteiger partial charge >= 0.3 is 0 Å². The van der Waals surface area contributed by atoms with Crippen molar-refractivity contribution >= 4 is 0 Å². The van der Waals surface area contributed by atoms with E-state index >= 15 is 0 Å². The van der Waals surface area contributed by atoms with Crippen LogP contribution in [0.2, 0.25) is 0 Å². The number of hydrogen-bond donors (Lipinski definition) is 1. The third-order valence-corrected chi connectivity index (χ3v) is 3.88. The minimum atomic E-state index is 0.528. The van der Waals surface area contributed by atoms with Crippen molar-refractivity contribution in [3.05, 3.63) is 35.9 Å². The molecule has 2 rings (SSSR count). The van der Waals surface area contributed by atoms with Gasteiger partial charge in [-0.15, -0.1) is 0 Å². The summed E-state index contributed by atoms with van der Waals surface area (Å²) in [6.45, 7) is 6.81. The number of rotatable bonds is 4. The summed E-state index contributed by atoms with van der Waals surface area (Å²) in [7, 11) is 4.26. The molecule has 0 radical (unpaired) electrons. The third-order valence-electron chi connectivity index (χ3n) is 3.88. The molecule has 0 spiro atoms. The first kappa shape index (κ1) is 13.5. The predicted molar refractivity (Wildman–Crippen MR) is 76.8 cm³/mol. The minimum Gasteiger partial charge on any atom is -0.316 e. The smallest absolute Gasteiger partial charge is 0.0476 e. The lowest BCUT2D eigenvalue weighted by atomic mass is 10.0. The van der Waals surface area contributed by atoms with Crippen LogP contribution in [0.25, 0.3) is 0 Å². The Bertz CT molecular complexity index is 352. The van der Waals surface area contributed by atoms with Crippen LogP contribution in [0, 0.1) is 0 Å². The molecule has 1 fully saturated rings. The van der Waals surface area contributed by atoms with E-state index in [1.54, 1.807) is 0 Å². The van der Waals surface area contributed by atoms with Gasteiger partial charge in [-0.2, -0.15) is 0 Å². The van der Waals surface area contributed by atoms with Crippen molar-refractivity contribution in [1.82, 2.24) is 15.1 Å². The first-order valence-corrected chi connectivity index (χ1v) is 6.85. The second-order valence-corrected chi connectivity index (χ2v) is 5.37. The Balaban J connectivity index is 2.11. The standard InChI is InChI=1S/C15H25N3/c1-13(16-2)11-18-10-9-17(3)12-15(18)14-7-5-4-6-8-14/h4-8,13,15-16H,9-12H2,1-3H3. The molecule has 0 aliphatic carbocycles. The Morgan fingerprint density at radius 2 is 2.00 bits per heavy atom. The molecule has 3 heteroatoms. The lowest BCUT2D eigenvalue weighted by molar-refractivity contribution is 0.0830. The van der Waals surface area contributed by atoms with Crippen LogP contribution in [0.1, 0.15) is 18.5 Å². The first-order chi connectivity index (χ1) is 8.70. The highest BCUT2D eigenvalue weighted by molar-refractivity contribution is 5.20. The van der Waals surface area contributed by atoms with E-state index in [9.17, 15) is 0 Å². The van der Waals surface area contributed by atoms with Crippen molar-refractivity contribution in [2.45, 2.75) is 19.0 Å². The molecule has 2 atom stereocenters. The summed E-state index contributed by atoms with van der Waals surface area (Å²) < 4.78 is 0. The Morgan fingerprint density at radius 3 is 2.67 bits per heavy atom. The third kappa shape index (κ3) is 3.31. The molecule has 0 saturated carbocycles. The zero-order valence-electron chi connectivity index (χ0n) is 11.8. The molecule has 100 valence electrons. The Morgan fingerprint density at radius 1 is 1.28 bits per heavy atom. The second-order valence-electron chi connectivity index (χ2n) is 5.37. The summed E-state index contributed by atoms with van der Waals surface area (Å²) in [6, 6.07) is 12.0. The van der Waals surface area contributed by atoms with Crippen LogP contribution in [-0.2, 0) is 0 Å². The average molecular weight is 247 g/mol. The highest BCUT2D eigenvalue weighted by atomic mass is 15.3. The van der Waals surface area contributed by atoms with Gasteiger partial charge in [0.1, 0.15) is 0 Å². The number of benzene rings is 1. The van der Waals surface area contributed by atoms with Crippen LogP contribution in [0.15, 0.2) is 30.3 Å². The number of hydrogen-bond acceptors (Lipinski definition) is 3. The molecule has 1 aromatic carbocycles. The van der Waals surface area contributed by atoms with Gasteiger partial charge in [-0.1, -0.05) is 30.3 Å². The molecular weight excluding hydrogens is 222 g/mol.